The van der Waals surface area contributed by atoms with Gasteiger partial charge in [0.15, 0.2) is 0 Å². The minimum atomic E-state index is -0.176. The summed E-state index contributed by atoms with van der Waals surface area (Å²) in [6.45, 7) is 6.85. The van der Waals surface area contributed by atoms with Gasteiger partial charge in [-0.1, -0.05) is 41.9 Å². The van der Waals surface area contributed by atoms with Gasteiger partial charge in [-0.3, -0.25) is 9.80 Å². The van der Waals surface area contributed by atoms with Crippen LogP contribution in [0.25, 0.3) is 0 Å². The van der Waals surface area contributed by atoms with Crippen molar-refractivity contribution in [1.29, 1.82) is 0 Å². The molecule has 0 bridgehead atoms. The Balaban J connectivity index is 0.00000200. The molecule has 2 heterocycles. The van der Waals surface area contributed by atoms with E-state index in [4.69, 9.17) is 16.3 Å². The molecule has 0 spiro atoms. The molecule has 0 saturated carbocycles. The van der Waals surface area contributed by atoms with Gasteiger partial charge in [0.05, 0.1) is 6.61 Å². The first-order chi connectivity index (χ1) is 17.6. The highest BCUT2D eigenvalue weighted by molar-refractivity contribution is 6.30. The summed E-state index contributed by atoms with van der Waals surface area (Å²) in [4.78, 5) is 4.99. The molecule has 3 aromatic rings. The van der Waals surface area contributed by atoms with Crippen molar-refractivity contribution < 1.29 is 9.13 Å². The van der Waals surface area contributed by atoms with E-state index >= 15 is 0 Å². The first-order valence-electron chi connectivity index (χ1n) is 13.3. The Labute approximate surface area is 244 Å². The number of benzene rings is 3. The summed E-state index contributed by atoms with van der Waals surface area (Å²) < 4.78 is 19.5. The van der Waals surface area contributed by atoms with Gasteiger partial charge in [-0.25, -0.2) is 4.39 Å². The third-order valence-corrected chi connectivity index (χ3v) is 7.84. The molecule has 206 valence electrons. The number of hydrogen-bond donors (Lipinski definition) is 0. The van der Waals surface area contributed by atoms with Crippen LogP contribution in [0.3, 0.4) is 0 Å². The van der Waals surface area contributed by atoms with Crippen LogP contribution in [0.15, 0.2) is 66.7 Å². The van der Waals surface area contributed by atoms with Crippen molar-refractivity contribution >= 4 is 36.4 Å². The Morgan fingerprint density at radius 1 is 0.816 bits per heavy atom. The lowest BCUT2D eigenvalue weighted by Crippen LogP contribution is -2.33. The van der Waals surface area contributed by atoms with E-state index in [9.17, 15) is 4.39 Å². The van der Waals surface area contributed by atoms with E-state index in [0.717, 1.165) is 87.4 Å². The molecule has 0 unspecified atom stereocenters. The number of hydrogen-bond acceptors (Lipinski definition) is 3. The van der Waals surface area contributed by atoms with Crippen molar-refractivity contribution in [2.24, 2.45) is 5.92 Å². The van der Waals surface area contributed by atoms with Gasteiger partial charge in [-0.15, -0.1) is 24.8 Å². The maximum atomic E-state index is 13.3. The molecule has 0 amide bonds. The molecule has 1 fully saturated rings. The fourth-order valence-corrected chi connectivity index (χ4v) is 5.76. The van der Waals surface area contributed by atoms with Crippen LogP contribution < -0.4 is 4.74 Å². The van der Waals surface area contributed by atoms with E-state index in [-0.39, 0.29) is 30.6 Å². The average molecular weight is 580 g/mol. The highest BCUT2D eigenvalue weighted by Crippen LogP contribution is 2.26. The maximum absolute atomic E-state index is 13.3. The minimum absolute atomic E-state index is 0. The van der Waals surface area contributed by atoms with E-state index in [2.05, 4.69) is 40.1 Å². The normalized spacial score (nSPS) is 16.6. The van der Waals surface area contributed by atoms with Crippen LogP contribution in [-0.4, -0.2) is 36.0 Å². The summed E-state index contributed by atoms with van der Waals surface area (Å²) >= 11 is 6.14. The summed E-state index contributed by atoms with van der Waals surface area (Å²) in [5.74, 6) is 1.54. The van der Waals surface area contributed by atoms with Crippen molar-refractivity contribution in [3.8, 4) is 5.75 Å². The van der Waals surface area contributed by atoms with Gasteiger partial charge >= 0.3 is 0 Å². The van der Waals surface area contributed by atoms with Crippen molar-refractivity contribution in [3.05, 3.63) is 99.8 Å². The Morgan fingerprint density at radius 2 is 1.58 bits per heavy atom. The first-order valence-corrected chi connectivity index (χ1v) is 13.7. The number of nitrogens with zero attached hydrogens (tertiary/aromatic N) is 2. The molecule has 0 radical (unpaired) electrons. The predicted molar refractivity (Wildman–Crippen MR) is 159 cm³/mol. The van der Waals surface area contributed by atoms with Gasteiger partial charge in [-0.2, -0.15) is 0 Å². The SMILES string of the molecule is Cl.Cl.Fc1ccc(CN2CCCc3ccc(OCCC4CCN(Cc5cccc(Cl)c5)CC4)cc3C2)cc1. The summed E-state index contributed by atoms with van der Waals surface area (Å²) in [5, 5.41) is 0.818. The smallest absolute Gasteiger partial charge is 0.123 e. The second-order valence-corrected chi connectivity index (χ2v) is 10.8. The lowest BCUT2D eigenvalue weighted by atomic mass is 9.93. The number of halogens is 4. The van der Waals surface area contributed by atoms with Crippen molar-refractivity contribution in [2.45, 2.75) is 51.7 Å². The first kappa shape index (κ1) is 30.7. The zero-order valence-corrected chi connectivity index (χ0v) is 24.2. The highest BCUT2D eigenvalue weighted by Gasteiger charge is 2.20. The molecule has 3 nitrogen and oxygen atoms in total. The molecule has 7 heteroatoms. The van der Waals surface area contributed by atoms with Gasteiger partial charge in [-0.05, 0) is 116 Å². The predicted octanol–water partition coefficient (Wildman–Crippen LogP) is 7.95. The molecular weight excluding hydrogens is 542 g/mol. The van der Waals surface area contributed by atoms with E-state index in [1.54, 1.807) is 12.1 Å². The van der Waals surface area contributed by atoms with Crippen LogP contribution in [0.1, 0.15) is 47.9 Å². The molecule has 1 saturated heterocycles. The Morgan fingerprint density at radius 3 is 2.34 bits per heavy atom. The van der Waals surface area contributed by atoms with Crippen LogP contribution in [0.5, 0.6) is 5.75 Å². The molecule has 0 aromatic heterocycles. The number of fused-ring (bicyclic) bond motifs is 1. The quantitative estimate of drug-likeness (QED) is 0.269. The number of likely N-dealkylation sites (tertiary alicyclic amines) is 1. The Kier molecular flexibility index (Phi) is 12.2. The van der Waals surface area contributed by atoms with Gasteiger partial charge in [0, 0.05) is 24.7 Å². The second kappa shape index (κ2) is 15.1. The number of aryl methyl sites for hydroxylation is 1. The van der Waals surface area contributed by atoms with Crippen LogP contribution in [0, 0.1) is 11.7 Å². The van der Waals surface area contributed by atoms with Gasteiger partial charge < -0.3 is 4.74 Å². The third-order valence-electron chi connectivity index (χ3n) is 7.61. The highest BCUT2D eigenvalue weighted by atomic mass is 35.5. The molecule has 0 atom stereocenters. The van der Waals surface area contributed by atoms with Gasteiger partial charge in [0.2, 0.25) is 0 Å². The Hall–Kier alpha value is -1.82. The van der Waals surface area contributed by atoms with E-state index < -0.39 is 0 Å². The standard InChI is InChI=1S/C31H36ClFN2O.2ClH/c32-29-5-1-3-26(19-29)22-34-16-12-24(13-17-34)14-18-36-31-11-8-27-4-2-15-35(23-28(27)20-31)21-25-6-9-30(33)10-7-25;;/h1,3,5-11,19-20,24H,2,4,12-18,21-23H2;2*1H. The average Bonchev–Trinajstić information content (AvgIpc) is 3.08. The molecule has 2 aliphatic heterocycles. The zero-order valence-electron chi connectivity index (χ0n) is 21.8. The number of ether oxygens (including phenoxy) is 1. The van der Waals surface area contributed by atoms with Crippen LogP contribution in [0.2, 0.25) is 5.02 Å². The molecule has 38 heavy (non-hydrogen) atoms. The molecular formula is C31H38Cl3FN2O. The monoisotopic (exact) mass is 578 g/mol. The molecule has 3 aromatic carbocycles. The van der Waals surface area contributed by atoms with E-state index in [1.807, 2.05) is 24.3 Å². The Bertz CT molecular complexity index is 1140. The van der Waals surface area contributed by atoms with Crippen LogP contribution in [-0.2, 0) is 26.1 Å². The fraction of sp³-hybridized carbons (Fsp3) is 0.419. The van der Waals surface area contributed by atoms with Crippen LogP contribution in [0.4, 0.5) is 4.39 Å². The lowest BCUT2D eigenvalue weighted by molar-refractivity contribution is 0.157. The summed E-state index contributed by atoms with van der Waals surface area (Å²) in [5.41, 5.74) is 5.24. The summed E-state index contributed by atoms with van der Waals surface area (Å²) in [7, 11) is 0. The van der Waals surface area contributed by atoms with Crippen molar-refractivity contribution in [2.75, 3.05) is 26.2 Å². The maximum Gasteiger partial charge on any atom is 0.123 e. The summed E-state index contributed by atoms with van der Waals surface area (Å²) in [6, 6.07) is 21.7. The largest absolute Gasteiger partial charge is 0.494 e. The number of piperidine rings is 1. The second-order valence-electron chi connectivity index (χ2n) is 10.4. The molecule has 0 N–H and O–H groups in total. The van der Waals surface area contributed by atoms with Gasteiger partial charge in [0.25, 0.3) is 0 Å². The molecule has 0 aliphatic carbocycles. The zero-order chi connectivity index (χ0) is 24.7. The van der Waals surface area contributed by atoms with Crippen molar-refractivity contribution in [1.82, 2.24) is 9.80 Å². The summed E-state index contributed by atoms with van der Waals surface area (Å²) in [6.07, 6.45) is 5.81. The minimum Gasteiger partial charge on any atom is -0.494 e. The van der Waals surface area contributed by atoms with E-state index in [0.29, 0.717) is 0 Å². The third kappa shape index (κ3) is 8.86. The number of rotatable bonds is 8. The van der Waals surface area contributed by atoms with E-state index in [1.165, 1.54) is 29.5 Å². The molecule has 2 aliphatic rings. The van der Waals surface area contributed by atoms with Crippen LogP contribution >= 0.6 is 36.4 Å². The molecule has 5 rings (SSSR count). The fourth-order valence-electron chi connectivity index (χ4n) is 5.55. The topological polar surface area (TPSA) is 15.7 Å². The van der Waals surface area contributed by atoms with Crippen molar-refractivity contribution in [3.63, 3.8) is 0 Å². The lowest BCUT2D eigenvalue weighted by Gasteiger charge is -2.32. The van der Waals surface area contributed by atoms with Gasteiger partial charge in [0.1, 0.15) is 11.6 Å².